The third kappa shape index (κ3) is 6.45. The SMILES string of the molecule is Cc1cc(N=Nc2ccc(C(F)(F)F)cc2)ccc1N=Nc1ccc(NCCO)cc1. The van der Waals surface area contributed by atoms with Gasteiger partial charge in [0.1, 0.15) is 0 Å². The van der Waals surface area contributed by atoms with Crippen LogP contribution in [0.25, 0.3) is 0 Å². The first-order chi connectivity index (χ1) is 14.8. The van der Waals surface area contributed by atoms with Crippen LogP contribution in [0.15, 0.2) is 87.2 Å². The fourth-order valence-electron chi connectivity index (χ4n) is 2.60. The highest BCUT2D eigenvalue weighted by atomic mass is 19.4. The second-order valence-electron chi connectivity index (χ2n) is 6.61. The number of aliphatic hydroxyl groups excluding tert-OH is 1. The largest absolute Gasteiger partial charge is 0.416 e. The number of azo groups is 2. The number of hydrogen-bond acceptors (Lipinski definition) is 6. The summed E-state index contributed by atoms with van der Waals surface area (Å²) in [6.07, 6.45) is -4.38. The lowest BCUT2D eigenvalue weighted by Gasteiger charge is -2.05. The van der Waals surface area contributed by atoms with Gasteiger partial charge in [-0.15, -0.1) is 0 Å². The van der Waals surface area contributed by atoms with Gasteiger partial charge in [-0.2, -0.15) is 33.6 Å². The van der Waals surface area contributed by atoms with Crippen LogP contribution < -0.4 is 5.32 Å². The Labute approximate surface area is 177 Å². The van der Waals surface area contributed by atoms with Gasteiger partial charge in [-0.05, 0) is 79.2 Å². The van der Waals surface area contributed by atoms with Crippen molar-refractivity contribution in [2.45, 2.75) is 13.1 Å². The quantitative estimate of drug-likeness (QED) is 0.389. The fourth-order valence-corrected chi connectivity index (χ4v) is 2.60. The molecule has 0 amide bonds. The van der Waals surface area contributed by atoms with Crippen molar-refractivity contribution in [1.82, 2.24) is 0 Å². The predicted molar refractivity (Wildman–Crippen MR) is 113 cm³/mol. The highest BCUT2D eigenvalue weighted by molar-refractivity contribution is 5.55. The van der Waals surface area contributed by atoms with Crippen LogP contribution in [-0.2, 0) is 6.18 Å². The number of rotatable bonds is 7. The van der Waals surface area contributed by atoms with Crippen LogP contribution in [0.1, 0.15) is 11.1 Å². The predicted octanol–water partition coefficient (Wildman–Crippen LogP) is 7.25. The van der Waals surface area contributed by atoms with Gasteiger partial charge in [0.2, 0.25) is 0 Å². The summed E-state index contributed by atoms with van der Waals surface area (Å²) in [6.45, 7) is 2.39. The lowest BCUT2D eigenvalue weighted by Crippen LogP contribution is -2.04. The molecule has 0 aromatic heterocycles. The van der Waals surface area contributed by atoms with Crippen molar-refractivity contribution in [1.29, 1.82) is 0 Å². The number of hydrogen-bond donors (Lipinski definition) is 2. The average Bonchev–Trinajstić information content (AvgIpc) is 2.76. The summed E-state index contributed by atoms with van der Waals surface area (Å²) in [6, 6.07) is 17.0. The molecule has 31 heavy (non-hydrogen) atoms. The molecule has 3 aromatic rings. The van der Waals surface area contributed by atoms with E-state index in [1.54, 1.807) is 18.2 Å². The number of aliphatic hydroxyl groups is 1. The Morgan fingerprint density at radius 2 is 1.32 bits per heavy atom. The van der Waals surface area contributed by atoms with Gasteiger partial charge in [-0.3, -0.25) is 0 Å². The first-order valence-corrected chi connectivity index (χ1v) is 9.41. The number of aryl methyl sites for hydroxylation is 1. The molecule has 160 valence electrons. The standard InChI is InChI=1S/C22H20F3N5O/c1-15-14-20(29-27-18-4-2-16(3-5-18)22(23,24)25)10-11-21(15)30-28-19-8-6-17(7-9-19)26-12-13-31/h2-11,14,26,31H,12-13H2,1H3. The van der Waals surface area contributed by atoms with E-state index in [4.69, 9.17) is 5.11 Å². The molecular formula is C22H20F3N5O. The van der Waals surface area contributed by atoms with Crippen molar-refractivity contribution in [3.63, 3.8) is 0 Å². The molecule has 9 heteroatoms. The Morgan fingerprint density at radius 3 is 1.90 bits per heavy atom. The zero-order chi connectivity index (χ0) is 22.3. The van der Waals surface area contributed by atoms with Crippen LogP contribution in [0.3, 0.4) is 0 Å². The zero-order valence-electron chi connectivity index (χ0n) is 16.6. The van der Waals surface area contributed by atoms with E-state index in [-0.39, 0.29) is 6.61 Å². The monoisotopic (exact) mass is 427 g/mol. The molecule has 0 saturated heterocycles. The molecule has 0 aliphatic heterocycles. The maximum absolute atomic E-state index is 12.6. The molecule has 0 unspecified atom stereocenters. The maximum Gasteiger partial charge on any atom is 0.416 e. The molecule has 6 nitrogen and oxygen atoms in total. The van der Waals surface area contributed by atoms with Gasteiger partial charge in [-0.1, -0.05) is 0 Å². The van der Waals surface area contributed by atoms with Crippen LogP contribution >= 0.6 is 0 Å². The van der Waals surface area contributed by atoms with Crippen molar-refractivity contribution >= 4 is 28.4 Å². The smallest absolute Gasteiger partial charge is 0.395 e. The molecule has 3 aromatic carbocycles. The summed E-state index contributed by atoms with van der Waals surface area (Å²) in [5, 5.41) is 28.4. The minimum Gasteiger partial charge on any atom is -0.395 e. The topological polar surface area (TPSA) is 81.7 Å². The summed E-state index contributed by atoms with van der Waals surface area (Å²) < 4.78 is 37.8. The summed E-state index contributed by atoms with van der Waals surface area (Å²) in [5.74, 6) is 0. The highest BCUT2D eigenvalue weighted by Crippen LogP contribution is 2.31. The minimum absolute atomic E-state index is 0.0562. The molecule has 0 aliphatic carbocycles. The van der Waals surface area contributed by atoms with Crippen LogP contribution in [0.4, 0.5) is 41.6 Å². The van der Waals surface area contributed by atoms with E-state index in [1.165, 1.54) is 12.1 Å². The maximum atomic E-state index is 12.6. The molecule has 0 atom stereocenters. The molecule has 0 radical (unpaired) electrons. The van der Waals surface area contributed by atoms with E-state index in [1.807, 2.05) is 31.2 Å². The third-order valence-electron chi connectivity index (χ3n) is 4.24. The Hall–Kier alpha value is -3.59. The number of alkyl halides is 3. The van der Waals surface area contributed by atoms with Crippen molar-refractivity contribution < 1.29 is 18.3 Å². The van der Waals surface area contributed by atoms with E-state index in [0.29, 0.717) is 29.3 Å². The lowest BCUT2D eigenvalue weighted by molar-refractivity contribution is -0.137. The van der Waals surface area contributed by atoms with Crippen molar-refractivity contribution in [2.75, 3.05) is 18.5 Å². The molecule has 0 spiro atoms. The Balaban J connectivity index is 1.65. The third-order valence-corrected chi connectivity index (χ3v) is 4.24. The van der Waals surface area contributed by atoms with Gasteiger partial charge in [0, 0.05) is 12.2 Å². The summed E-state index contributed by atoms with van der Waals surface area (Å²) >= 11 is 0. The Morgan fingerprint density at radius 1 is 0.774 bits per heavy atom. The van der Waals surface area contributed by atoms with Gasteiger partial charge in [0.25, 0.3) is 0 Å². The number of halogens is 3. The number of nitrogens with one attached hydrogen (secondary N) is 1. The molecular weight excluding hydrogens is 407 g/mol. The van der Waals surface area contributed by atoms with Gasteiger partial charge in [-0.25, -0.2) is 0 Å². The average molecular weight is 427 g/mol. The fraction of sp³-hybridized carbons (Fsp3) is 0.182. The molecule has 3 rings (SSSR count). The van der Waals surface area contributed by atoms with Gasteiger partial charge in [0.15, 0.2) is 0 Å². The van der Waals surface area contributed by atoms with Gasteiger partial charge >= 0.3 is 6.18 Å². The summed E-state index contributed by atoms with van der Waals surface area (Å²) in [4.78, 5) is 0. The van der Waals surface area contributed by atoms with Crippen LogP contribution in [0.2, 0.25) is 0 Å². The zero-order valence-corrected chi connectivity index (χ0v) is 16.6. The van der Waals surface area contributed by atoms with E-state index in [2.05, 4.69) is 25.8 Å². The number of benzene rings is 3. The molecule has 0 bridgehead atoms. The molecule has 0 fully saturated rings. The number of anilines is 1. The first kappa shape index (κ1) is 22.1. The Bertz CT molecular complexity index is 1060. The van der Waals surface area contributed by atoms with Crippen molar-refractivity contribution in [2.24, 2.45) is 20.5 Å². The minimum atomic E-state index is -4.38. The molecule has 2 N–H and O–H groups in total. The van der Waals surface area contributed by atoms with E-state index >= 15 is 0 Å². The van der Waals surface area contributed by atoms with E-state index in [0.717, 1.165) is 23.4 Å². The Kier molecular flexibility index (Phi) is 7.09. The van der Waals surface area contributed by atoms with Crippen molar-refractivity contribution in [3.8, 4) is 0 Å². The van der Waals surface area contributed by atoms with E-state index in [9.17, 15) is 13.2 Å². The van der Waals surface area contributed by atoms with Crippen LogP contribution in [-0.4, -0.2) is 18.3 Å². The molecule has 0 heterocycles. The van der Waals surface area contributed by atoms with Crippen LogP contribution in [0.5, 0.6) is 0 Å². The lowest BCUT2D eigenvalue weighted by atomic mass is 10.2. The second kappa shape index (κ2) is 9.94. The van der Waals surface area contributed by atoms with Crippen LogP contribution in [0, 0.1) is 6.92 Å². The molecule has 0 saturated carbocycles. The highest BCUT2D eigenvalue weighted by Gasteiger charge is 2.29. The van der Waals surface area contributed by atoms with Gasteiger partial charge in [0.05, 0.1) is 34.9 Å². The number of nitrogens with zero attached hydrogens (tertiary/aromatic N) is 4. The molecule has 0 aliphatic rings. The summed E-state index contributed by atoms with van der Waals surface area (Å²) in [7, 11) is 0. The van der Waals surface area contributed by atoms with Gasteiger partial charge < -0.3 is 10.4 Å². The normalized spacial score (nSPS) is 12.0. The summed E-state index contributed by atoms with van der Waals surface area (Å²) in [5.41, 5.74) is 3.20. The van der Waals surface area contributed by atoms with E-state index < -0.39 is 11.7 Å². The first-order valence-electron chi connectivity index (χ1n) is 9.41. The second-order valence-corrected chi connectivity index (χ2v) is 6.61. The van der Waals surface area contributed by atoms with Crippen molar-refractivity contribution in [3.05, 3.63) is 77.9 Å².